The molecule has 0 bridgehead atoms. The summed E-state index contributed by atoms with van der Waals surface area (Å²) in [4.78, 5) is 12.3. The number of carbonyl (C=O) groups excluding carboxylic acids is 1. The molecule has 0 aliphatic rings. The fraction of sp³-hybridized carbons (Fsp3) is 0. The minimum Gasteiger partial charge on any atom is -0.457 e. The molecule has 0 spiro atoms. The van der Waals surface area contributed by atoms with Crippen molar-refractivity contribution in [3.63, 3.8) is 0 Å². The number of benzene rings is 3. The van der Waals surface area contributed by atoms with Crippen LogP contribution in [0.5, 0.6) is 11.5 Å². The lowest BCUT2D eigenvalue weighted by Gasteiger charge is -2.08. The van der Waals surface area contributed by atoms with E-state index in [-0.39, 0.29) is 5.91 Å². The molecule has 3 aromatic carbocycles. The zero-order chi connectivity index (χ0) is 16.1. The minimum absolute atomic E-state index is 0.180. The maximum Gasteiger partial charge on any atom is 0.255 e. The molecule has 0 heterocycles. The maximum absolute atomic E-state index is 12.3. The quantitative estimate of drug-likeness (QED) is 0.743. The van der Waals surface area contributed by atoms with Crippen LogP contribution in [0.15, 0.2) is 78.9 Å². The van der Waals surface area contributed by atoms with Crippen molar-refractivity contribution in [1.29, 1.82) is 0 Å². The van der Waals surface area contributed by atoms with E-state index in [9.17, 15) is 4.79 Å². The Morgan fingerprint density at radius 2 is 1.52 bits per heavy atom. The molecule has 0 saturated heterocycles. The van der Waals surface area contributed by atoms with Gasteiger partial charge in [0.2, 0.25) is 0 Å². The monoisotopic (exact) mass is 302 g/mol. The molecule has 0 unspecified atom stereocenters. The summed E-state index contributed by atoms with van der Waals surface area (Å²) in [5.74, 6) is 1.17. The second-order valence-electron chi connectivity index (χ2n) is 5.09. The molecule has 3 aromatic rings. The third-order valence-electron chi connectivity index (χ3n) is 3.29. The molecule has 0 aromatic heterocycles. The molecule has 0 atom stereocenters. The van der Waals surface area contributed by atoms with Gasteiger partial charge >= 0.3 is 0 Å². The van der Waals surface area contributed by atoms with Crippen LogP contribution >= 0.6 is 0 Å². The Hall–Kier alpha value is -3.07. The molecule has 113 valence electrons. The van der Waals surface area contributed by atoms with Crippen LogP contribution in [0.3, 0.4) is 0 Å². The van der Waals surface area contributed by atoms with Gasteiger partial charge in [0, 0.05) is 11.3 Å². The number of amides is 1. The average molecular weight is 302 g/mol. The summed E-state index contributed by atoms with van der Waals surface area (Å²) in [5.41, 5.74) is 2.18. The van der Waals surface area contributed by atoms with E-state index in [1.165, 1.54) is 0 Å². The second kappa shape index (κ2) is 6.79. The smallest absolute Gasteiger partial charge is 0.255 e. The Morgan fingerprint density at radius 1 is 0.826 bits per heavy atom. The summed E-state index contributed by atoms with van der Waals surface area (Å²) in [7, 11) is 0. The first-order valence-corrected chi connectivity index (χ1v) is 7.27. The first kappa shape index (κ1) is 14.9. The molecule has 1 radical (unpaired) electrons. The SMILES string of the molecule is [CH2]c1ccc(NC(=O)c2cccc(Oc3ccccc3)c2)cc1. The number of nitrogens with one attached hydrogen (secondary N) is 1. The van der Waals surface area contributed by atoms with Crippen LogP contribution in [0.4, 0.5) is 5.69 Å². The Bertz CT molecular complexity index is 795. The van der Waals surface area contributed by atoms with Gasteiger partial charge < -0.3 is 10.1 Å². The summed E-state index contributed by atoms with van der Waals surface area (Å²) in [6.45, 7) is 3.82. The van der Waals surface area contributed by atoms with Crippen molar-refractivity contribution in [2.45, 2.75) is 0 Å². The van der Waals surface area contributed by atoms with Gasteiger partial charge in [0.1, 0.15) is 11.5 Å². The van der Waals surface area contributed by atoms with E-state index in [1.807, 2.05) is 60.7 Å². The zero-order valence-corrected chi connectivity index (χ0v) is 12.5. The molecule has 0 saturated carbocycles. The Morgan fingerprint density at radius 3 is 2.26 bits per heavy atom. The second-order valence-corrected chi connectivity index (χ2v) is 5.09. The van der Waals surface area contributed by atoms with E-state index >= 15 is 0 Å². The van der Waals surface area contributed by atoms with Crippen molar-refractivity contribution >= 4 is 11.6 Å². The van der Waals surface area contributed by atoms with Crippen LogP contribution in [-0.4, -0.2) is 5.91 Å². The summed E-state index contributed by atoms with van der Waals surface area (Å²) in [6, 6.07) is 23.9. The number of hydrogen-bond acceptors (Lipinski definition) is 2. The predicted molar refractivity (Wildman–Crippen MR) is 91.8 cm³/mol. The fourth-order valence-electron chi connectivity index (χ4n) is 2.12. The van der Waals surface area contributed by atoms with Crippen LogP contribution in [0.2, 0.25) is 0 Å². The highest BCUT2D eigenvalue weighted by atomic mass is 16.5. The van der Waals surface area contributed by atoms with Crippen LogP contribution in [0, 0.1) is 6.92 Å². The summed E-state index contributed by atoms with van der Waals surface area (Å²) < 4.78 is 5.75. The number of anilines is 1. The van der Waals surface area contributed by atoms with E-state index in [0.29, 0.717) is 11.3 Å². The van der Waals surface area contributed by atoms with Crippen LogP contribution < -0.4 is 10.1 Å². The number of rotatable bonds is 4. The van der Waals surface area contributed by atoms with E-state index in [0.717, 1.165) is 17.0 Å². The molecule has 0 fully saturated rings. The Kier molecular flexibility index (Phi) is 4.39. The normalized spacial score (nSPS) is 10.1. The molecule has 3 heteroatoms. The number of carbonyl (C=O) groups is 1. The minimum atomic E-state index is -0.180. The van der Waals surface area contributed by atoms with Gasteiger partial charge in [-0.3, -0.25) is 4.79 Å². The third kappa shape index (κ3) is 3.98. The lowest BCUT2D eigenvalue weighted by atomic mass is 10.2. The van der Waals surface area contributed by atoms with Gasteiger partial charge in [-0.15, -0.1) is 0 Å². The number of ether oxygens (including phenoxy) is 1. The van der Waals surface area contributed by atoms with E-state index in [4.69, 9.17) is 4.74 Å². The molecule has 0 aliphatic heterocycles. The highest BCUT2D eigenvalue weighted by Gasteiger charge is 2.07. The highest BCUT2D eigenvalue weighted by Crippen LogP contribution is 2.22. The fourth-order valence-corrected chi connectivity index (χ4v) is 2.12. The first-order valence-electron chi connectivity index (χ1n) is 7.27. The van der Waals surface area contributed by atoms with Crippen molar-refractivity contribution < 1.29 is 9.53 Å². The van der Waals surface area contributed by atoms with Crippen molar-refractivity contribution in [3.8, 4) is 11.5 Å². The van der Waals surface area contributed by atoms with Crippen molar-refractivity contribution in [2.24, 2.45) is 0 Å². The van der Waals surface area contributed by atoms with Crippen LogP contribution in [0.1, 0.15) is 15.9 Å². The first-order chi connectivity index (χ1) is 11.2. The Balaban J connectivity index is 1.73. The molecular formula is C20H16NO2. The lowest BCUT2D eigenvalue weighted by molar-refractivity contribution is 0.102. The summed E-state index contributed by atoms with van der Waals surface area (Å²) in [5, 5.41) is 2.85. The molecule has 3 rings (SSSR count). The average Bonchev–Trinajstić information content (AvgIpc) is 2.58. The number of para-hydroxylation sites is 1. The number of hydrogen-bond donors (Lipinski definition) is 1. The molecule has 0 aliphatic carbocycles. The van der Waals surface area contributed by atoms with Gasteiger partial charge in [-0.2, -0.15) is 0 Å². The summed E-state index contributed by atoms with van der Waals surface area (Å²) >= 11 is 0. The molecule has 1 amide bonds. The van der Waals surface area contributed by atoms with Gasteiger partial charge in [0.15, 0.2) is 0 Å². The van der Waals surface area contributed by atoms with Gasteiger partial charge in [-0.1, -0.05) is 36.4 Å². The topological polar surface area (TPSA) is 38.3 Å². The van der Waals surface area contributed by atoms with Crippen LogP contribution in [-0.2, 0) is 0 Å². The highest BCUT2D eigenvalue weighted by molar-refractivity contribution is 6.04. The predicted octanol–water partition coefficient (Wildman–Crippen LogP) is 4.91. The molecule has 1 N–H and O–H groups in total. The zero-order valence-electron chi connectivity index (χ0n) is 12.5. The van der Waals surface area contributed by atoms with Crippen molar-refractivity contribution in [3.05, 3.63) is 96.9 Å². The lowest BCUT2D eigenvalue weighted by Crippen LogP contribution is -2.11. The maximum atomic E-state index is 12.3. The van der Waals surface area contributed by atoms with Crippen molar-refractivity contribution in [1.82, 2.24) is 0 Å². The van der Waals surface area contributed by atoms with Gasteiger partial charge in [-0.25, -0.2) is 0 Å². The Labute approximate surface area is 135 Å². The third-order valence-corrected chi connectivity index (χ3v) is 3.29. The largest absolute Gasteiger partial charge is 0.457 e. The van der Waals surface area contributed by atoms with E-state index in [2.05, 4.69) is 12.2 Å². The van der Waals surface area contributed by atoms with Crippen molar-refractivity contribution in [2.75, 3.05) is 5.32 Å². The molecule has 3 nitrogen and oxygen atoms in total. The van der Waals surface area contributed by atoms with Gasteiger partial charge in [0.05, 0.1) is 0 Å². The van der Waals surface area contributed by atoms with E-state index in [1.54, 1.807) is 18.2 Å². The standard InChI is InChI=1S/C20H16NO2/c1-15-10-12-17(13-11-15)21-20(22)16-6-5-9-19(14-16)23-18-7-3-2-4-8-18/h2-14H,1H2,(H,21,22). The molecule has 23 heavy (non-hydrogen) atoms. The van der Waals surface area contributed by atoms with Gasteiger partial charge in [0.25, 0.3) is 5.91 Å². The molecular weight excluding hydrogens is 286 g/mol. The van der Waals surface area contributed by atoms with Crippen LogP contribution in [0.25, 0.3) is 0 Å². The summed E-state index contributed by atoms with van der Waals surface area (Å²) in [6.07, 6.45) is 0. The van der Waals surface area contributed by atoms with E-state index < -0.39 is 0 Å². The van der Waals surface area contributed by atoms with Gasteiger partial charge in [-0.05, 0) is 55.0 Å².